The normalized spacial score (nSPS) is 13.1. The lowest BCUT2D eigenvalue weighted by molar-refractivity contribution is 0.170. The monoisotopic (exact) mass is 270 g/mol. The van der Waals surface area contributed by atoms with Gasteiger partial charge in [0.05, 0.1) is 0 Å². The van der Waals surface area contributed by atoms with Crippen LogP contribution in [0.25, 0.3) is 0 Å². The van der Waals surface area contributed by atoms with E-state index in [-0.39, 0.29) is 0 Å². The Morgan fingerprint density at radius 2 is 1.75 bits per heavy atom. The third kappa shape index (κ3) is 2.72. The molecule has 0 saturated carbocycles. The highest BCUT2D eigenvalue weighted by Gasteiger charge is 2.12. The second-order valence-electron chi connectivity index (χ2n) is 5.02. The van der Waals surface area contributed by atoms with Crippen LogP contribution in [-0.2, 0) is 6.61 Å². The summed E-state index contributed by atoms with van der Waals surface area (Å²) in [6, 6.07) is 12.1. The summed E-state index contributed by atoms with van der Waals surface area (Å²) in [7, 11) is 0. The lowest BCUT2D eigenvalue weighted by Gasteiger charge is -2.19. The number of ether oxygens (including phenoxy) is 3. The van der Waals surface area contributed by atoms with Gasteiger partial charge in [-0.25, -0.2) is 0 Å². The predicted octanol–water partition coefficient (Wildman–Crippen LogP) is 3.65. The zero-order valence-electron chi connectivity index (χ0n) is 11.8. The van der Waals surface area contributed by atoms with Crippen molar-refractivity contribution in [2.45, 2.75) is 20.5 Å². The minimum absolute atomic E-state index is 0.563. The maximum absolute atomic E-state index is 5.86. The zero-order chi connectivity index (χ0) is 13.9. The highest BCUT2D eigenvalue weighted by Crippen LogP contribution is 2.33. The smallest absolute Gasteiger partial charge is 0.165 e. The summed E-state index contributed by atoms with van der Waals surface area (Å²) < 4.78 is 16.9. The molecule has 0 unspecified atom stereocenters. The molecule has 1 heterocycles. The third-order valence-electron chi connectivity index (χ3n) is 3.41. The fourth-order valence-electron chi connectivity index (χ4n) is 2.23. The summed E-state index contributed by atoms with van der Waals surface area (Å²) in [6.45, 7) is 5.95. The molecule has 1 aliphatic heterocycles. The topological polar surface area (TPSA) is 27.7 Å². The Kier molecular flexibility index (Phi) is 3.50. The molecule has 0 atom stereocenters. The third-order valence-corrected chi connectivity index (χ3v) is 3.41. The van der Waals surface area contributed by atoms with Crippen molar-refractivity contribution in [3.05, 3.63) is 53.1 Å². The van der Waals surface area contributed by atoms with E-state index >= 15 is 0 Å². The molecule has 0 bridgehead atoms. The Hall–Kier alpha value is -2.16. The molecule has 2 aromatic rings. The van der Waals surface area contributed by atoms with Gasteiger partial charge in [-0.05, 0) is 37.1 Å². The van der Waals surface area contributed by atoms with Gasteiger partial charge in [0.2, 0.25) is 0 Å². The first-order valence-corrected chi connectivity index (χ1v) is 6.81. The molecular weight excluding hydrogens is 252 g/mol. The van der Waals surface area contributed by atoms with Crippen molar-refractivity contribution < 1.29 is 14.2 Å². The largest absolute Gasteiger partial charge is 0.489 e. The van der Waals surface area contributed by atoms with E-state index in [1.807, 2.05) is 18.2 Å². The summed E-state index contributed by atoms with van der Waals surface area (Å²) in [5.41, 5.74) is 3.70. The van der Waals surface area contributed by atoms with Crippen LogP contribution in [0.1, 0.15) is 16.7 Å². The minimum atomic E-state index is 0.563. The lowest BCUT2D eigenvalue weighted by Crippen LogP contribution is -2.15. The van der Waals surface area contributed by atoms with Crippen LogP contribution in [0, 0.1) is 13.8 Å². The molecule has 104 valence electrons. The second kappa shape index (κ2) is 5.45. The molecule has 0 saturated heterocycles. The number of fused-ring (bicyclic) bond motifs is 1. The SMILES string of the molecule is Cc1ccc(C)c(COc2ccc3c(c2)OCCO3)c1. The van der Waals surface area contributed by atoms with E-state index in [9.17, 15) is 0 Å². The van der Waals surface area contributed by atoms with Crippen molar-refractivity contribution in [2.75, 3.05) is 13.2 Å². The Bertz CT molecular complexity index is 620. The summed E-state index contributed by atoms with van der Waals surface area (Å²) in [6.07, 6.45) is 0. The predicted molar refractivity (Wildman–Crippen MR) is 77.7 cm³/mol. The maximum Gasteiger partial charge on any atom is 0.165 e. The molecule has 0 radical (unpaired) electrons. The molecule has 1 aliphatic rings. The van der Waals surface area contributed by atoms with Gasteiger partial charge in [0.1, 0.15) is 25.6 Å². The molecule has 0 N–H and O–H groups in total. The van der Waals surface area contributed by atoms with Crippen LogP contribution in [0.5, 0.6) is 17.2 Å². The summed E-state index contributed by atoms with van der Waals surface area (Å²) in [4.78, 5) is 0. The van der Waals surface area contributed by atoms with Gasteiger partial charge >= 0.3 is 0 Å². The van der Waals surface area contributed by atoms with Gasteiger partial charge < -0.3 is 14.2 Å². The lowest BCUT2D eigenvalue weighted by atomic mass is 10.1. The Balaban J connectivity index is 1.73. The fourth-order valence-corrected chi connectivity index (χ4v) is 2.23. The van der Waals surface area contributed by atoms with Gasteiger partial charge in [-0.3, -0.25) is 0 Å². The van der Waals surface area contributed by atoms with E-state index in [1.165, 1.54) is 16.7 Å². The van der Waals surface area contributed by atoms with Crippen LogP contribution in [-0.4, -0.2) is 13.2 Å². The highest BCUT2D eigenvalue weighted by atomic mass is 16.6. The quantitative estimate of drug-likeness (QED) is 0.852. The second-order valence-corrected chi connectivity index (χ2v) is 5.02. The molecule has 20 heavy (non-hydrogen) atoms. The fraction of sp³-hybridized carbons (Fsp3) is 0.294. The van der Waals surface area contributed by atoms with E-state index in [0.717, 1.165) is 17.2 Å². The molecular formula is C17H18O3. The first kappa shape index (κ1) is 12.9. The Labute approximate surface area is 119 Å². The van der Waals surface area contributed by atoms with Gasteiger partial charge in [0.25, 0.3) is 0 Å². The Morgan fingerprint density at radius 3 is 2.60 bits per heavy atom. The average Bonchev–Trinajstić information content (AvgIpc) is 2.48. The van der Waals surface area contributed by atoms with Crippen molar-refractivity contribution in [1.82, 2.24) is 0 Å². The molecule has 0 fully saturated rings. The highest BCUT2D eigenvalue weighted by molar-refractivity contribution is 5.46. The molecule has 0 aliphatic carbocycles. The summed E-state index contributed by atoms with van der Waals surface area (Å²) >= 11 is 0. The van der Waals surface area contributed by atoms with Crippen molar-refractivity contribution in [3.8, 4) is 17.2 Å². The van der Waals surface area contributed by atoms with Crippen LogP contribution >= 0.6 is 0 Å². The first-order valence-electron chi connectivity index (χ1n) is 6.81. The standard InChI is InChI=1S/C17H18O3/c1-12-3-4-13(2)14(9-12)11-20-15-5-6-16-17(10-15)19-8-7-18-16/h3-6,9-10H,7-8,11H2,1-2H3. The van der Waals surface area contributed by atoms with Crippen LogP contribution in [0.4, 0.5) is 0 Å². The van der Waals surface area contributed by atoms with Crippen LogP contribution in [0.3, 0.4) is 0 Å². The van der Waals surface area contributed by atoms with Gasteiger partial charge in [-0.2, -0.15) is 0 Å². The molecule has 0 amide bonds. The number of rotatable bonds is 3. The van der Waals surface area contributed by atoms with Gasteiger partial charge in [0.15, 0.2) is 11.5 Å². The van der Waals surface area contributed by atoms with Gasteiger partial charge in [-0.1, -0.05) is 23.8 Å². The molecule has 2 aromatic carbocycles. The van der Waals surface area contributed by atoms with Crippen LogP contribution in [0.15, 0.2) is 36.4 Å². The van der Waals surface area contributed by atoms with E-state index in [4.69, 9.17) is 14.2 Å². The van der Waals surface area contributed by atoms with Crippen LogP contribution < -0.4 is 14.2 Å². The van der Waals surface area contributed by atoms with E-state index in [1.54, 1.807) is 0 Å². The van der Waals surface area contributed by atoms with E-state index < -0.39 is 0 Å². The van der Waals surface area contributed by atoms with Gasteiger partial charge in [-0.15, -0.1) is 0 Å². The summed E-state index contributed by atoms with van der Waals surface area (Å²) in [5, 5.41) is 0. The Morgan fingerprint density at radius 1 is 0.950 bits per heavy atom. The summed E-state index contributed by atoms with van der Waals surface area (Å²) in [5.74, 6) is 2.35. The zero-order valence-corrected chi connectivity index (χ0v) is 11.8. The average molecular weight is 270 g/mol. The van der Waals surface area contributed by atoms with Crippen molar-refractivity contribution in [3.63, 3.8) is 0 Å². The molecule has 3 nitrogen and oxygen atoms in total. The number of aryl methyl sites for hydroxylation is 2. The first-order chi connectivity index (χ1) is 9.72. The molecule has 0 spiro atoms. The van der Waals surface area contributed by atoms with Crippen molar-refractivity contribution in [2.24, 2.45) is 0 Å². The number of benzene rings is 2. The maximum atomic E-state index is 5.86. The minimum Gasteiger partial charge on any atom is -0.489 e. The molecule has 3 heteroatoms. The number of hydrogen-bond acceptors (Lipinski definition) is 3. The van der Waals surface area contributed by atoms with E-state index in [0.29, 0.717) is 19.8 Å². The molecule has 0 aromatic heterocycles. The van der Waals surface area contributed by atoms with Gasteiger partial charge in [0, 0.05) is 6.07 Å². The molecule has 3 rings (SSSR count). The van der Waals surface area contributed by atoms with Crippen LogP contribution in [0.2, 0.25) is 0 Å². The van der Waals surface area contributed by atoms with Crippen molar-refractivity contribution in [1.29, 1.82) is 0 Å². The van der Waals surface area contributed by atoms with E-state index in [2.05, 4.69) is 32.0 Å². The van der Waals surface area contributed by atoms with Crippen molar-refractivity contribution >= 4 is 0 Å². The number of hydrogen-bond donors (Lipinski definition) is 0.